The molecular weight excluding hydrogens is 572 g/mol. The second-order valence-corrected chi connectivity index (χ2v) is 12.6. The van der Waals surface area contributed by atoms with E-state index in [1.807, 2.05) is 68.0 Å². The van der Waals surface area contributed by atoms with E-state index in [-0.39, 0.29) is 29.0 Å². The van der Waals surface area contributed by atoms with Gasteiger partial charge in [-0.05, 0) is 90.7 Å². The molecule has 2 aromatic heterocycles. The van der Waals surface area contributed by atoms with Crippen LogP contribution in [0.3, 0.4) is 0 Å². The Morgan fingerprint density at radius 2 is 1.27 bits per heavy atom. The minimum atomic E-state index is -0.549. The van der Waals surface area contributed by atoms with Gasteiger partial charge in [0.15, 0.2) is 0 Å². The van der Waals surface area contributed by atoms with Crippen LogP contribution in [0.15, 0.2) is 46.2 Å². The highest BCUT2D eigenvalue weighted by Gasteiger charge is 2.24. The zero-order valence-electron chi connectivity index (χ0n) is 29.7. The van der Waals surface area contributed by atoms with Gasteiger partial charge in [-0.3, -0.25) is 14.4 Å². The number of rotatable bonds is 15. The van der Waals surface area contributed by atoms with Gasteiger partial charge in [0.2, 0.25) is 5.56 Å². The summed E-state index contributed by atoms with van der Waals surface area (Å²) in [5, 5.41) is 0. The van der Waals surface area contributed by atoms with Crippen LogP contribution in [0.1, 0.15) is 78.5 Å². The second-order valence-electron chi connectivity index (χ2n) is 12.6. The molecule has 2 rings (SSSR count). The Morgan fingerprint density at radius 3 is 1.73 bits per heavy atom. The lowest BCUT2D eigenvalue weighted by atomic mass is 9.99. The molecule has 2 aromatic rings. The molecule has 0 aliphatic rings. The number of ether oxygens (including phenoxy) is 2. The van der Waals surface area contributed by atoms with Crippen LogP contribution in [0, 0.1) is 17.8 Å². The van der Waals surface area contributed by atoms with Crippen LogP contribution in [-0.4, -0.2) is 85.8 Å². The third kappa shape index (κ3) is 19.7. The summed E-state index contributed by atoms with van der Waals surface area (Å²) in [7, 11) is 8.09. The Morgan fingerprint density at radius 1 is 0.756 bits per heavy atom. The first-order valence-electron chi connectivity index (χ1n) is 16.1. The molecule has 45 heavy (non-hydrogen) atoms. The zero-order chi connectivity index (χ0) is 34.5. The molecular formula is C35H60N4O6. The zero-order valence-corrected chi connectivity index (χ0v) is 29.7. The molecule has 0 spiro atoms. The number of aromatic nitrogens is 2. The van der Waals surface area contributed by atoms with E-state index >= 15 is 0 Å². The number of hydrogen-bond acceptors (Lipinski definition) is 8. The summed E-state index contributed by atoms with van der Waals surface area (Å²) in [4.78, 5) is 53.0. The van der Waals surface area contributed by atoms with E-state index in [2.05, 4.69) is 28.6 Å². The Hall–Kier alpha value is -3.24. The van der Waals surface area contributed by atoms with E-state index in [0.29, 0.717) is 31.5 Å². The highest BCUT2D eigenvalue weighted by Crippen LogP contribution is 2.18. The van der Waals surface area contributed by atoms with Crippen molar-refractivity contribution in [2.75, 3.05) is 54.5 Å². The first kappa shape index (κ1) is 41.8. The topological polar surface area (TPSA) is 114 Å². The fourth-order valence-corrected chi connectivity index (χ4v) is 4.34. The Bertz CT molecular complexity index is 1200. The summed E-state index contributed by atoms with van der Waals surface area (Å²) >= 11 is 0. The number of nitrogens with one attached hydrogen (secondary N) is 1. The number of esters is 2. The molecule has 0 amide bonds. The van der Waals surface area contributed by atoms with Gasteiger partial charge in [0.1, 0.15) is 6.04 Å². The number of carbonyl (C=O) groups is 2. The molecule has 0 radical (unpaired) electrons. The minimum absolute atomic E-state index is 0.0383. The SMILES string of the molecule is CCOC(=O)C(C)CC(C)C.CCOC(=O)C(CC(C)C)n1cc(CCN(C)C)ccc1=O.CN(C)CCc1ccc(=O)[nH]c1. The van der Waals surface area contributed by atoms with Crippen LogP contribution >= 0.6 is 0 Å². The van der Waals surface area contributed by atoms with Crippen molar-refractivity contribution in [1.82, 2.24) is 19.4 Å². The molecule has 2 heterocycles. The van der Waals surface area contributed by atoms with Crippen molar-refractivity contribution in [3.63, 3.8) is 0 Å². The summed E-state index contributed by atoms with van der Waals surface area (Å²) < 4.78 is 11.5. The van der Waals surface area contributed by atoms with Crippen molar-refractivity contribution in [3.05, 3.63) is 68.5 Å². The third-order valence-electron chi connectivity index (χ3n) is 6.65. The second kappa shape index (κ2) is 23.1. The maximum absolute atomic E-state index is 12.2. The number of nitrogens with zero attached hydrogens (tertiary/aromatic N) is 3. The Balaban J connectivity index is 0.000000710. The van der Waals surface area contributed by atoms with E-state index in [9.17, 15) is 19.2 Å². The fourth-order valence-electron chi connectivity index (χ4n) is 4.34. The smallest absolute Gasteiger partial charge is 0.329 e. The first-order valence-corrected chi connectivity index (χ1v) is 16.1. The van der Waals surface area contributed by atoms with E-state index in [1.54, 1.807) is 25.4 Å². The van der Waals surface area contributed by atoms with Crippen LogP contribution in [0.4, 0.5) is 0 Å². The van der Waals surface area contributed by atoms with Crippen molar-refractivity contribution < 1.29 is 19.1 Å². The molecule has 0 aliphatic heterocycles. The van der Waals surface area contributed by atoms with Gasteiger partial charge in [-0.2, -0.15) is 0 Å². The molecule has 2 atom stereocenters. The van der Waals surface area contributed by atoms with Crippen LogP contribution in [0.25, 0.3) is 0 Å². The first-order chi connectivity index (χ1) is 21.1. The molecule has 0 saturated heterocycles. The molecule has 1 N–H and O–H groups in total. The van der Waals surface area contributed by atoms with Gasteiger partial charge < -0.3 is 28.8 Å². The van der Waals surface area contributed by atoms with Crippen LogP contribution in [-0.2, 0) is 31.9 Å². The van der Waals surface area contributed by atoms with Gasteiger partial charge in [0.05, 0.1) is 19.1 Å². The van der Waals surface area contributed by atoms with Gasteiger partial charge >= 0.3 is 11.9 Å². The number of likely N-dealkylation sites (N-methyl/N-ethyl adjacent to an activating group) is 2. The molecule has 256 valence electrons. The predicted octanol–water partition coefficient (Wildman–Crippen LogP) is 4.81. The van der Waals surface area contributed by atoms with Crippen molar-refractivity contribution in [2.24, 2.45) is 17.8 Å². The molecule has 2 unspecified atom stereocenters. The average Bonchev–Trinajstić information content (AvgIpc) is 2.95. The fraction of sp³-hybridized carbons (Fsp3) is 0.657. The lowest BCUT2D eigenvalue weighted by Crippen LogP contribution is -2.32. The maximum Gasteiger partial charge on any atom is 0.329 e. The third-order valence-corrected chi connectivity index (χ3v) is 6.65. The van der Waals surface area contributed by atoms with E-state index in [4.69, 9.17) is 9.47 Å². The van der Waals surface area contributed by atoms with E-state index in [1.165, 1.54) is 16.2 Å². The average molecular weight is 633 g/mol. The predicted molar refractivity (Wildman–Crippen MR) is 183 cm³/mol. The van der Waals surface area contributed by atoms with E-state index < -0.39 is 6.04 Å². The summed E-state index contributed by atoms with van der Waals surface area (Å²) in [6.45, 7) is 16.5. The number of carbonyl (C=O) groups excluding carboxylic acids is 2. The molecule has 10 heteroatoms. The van der Waals surface area contributed by atoms with Gasteiger partial charge in [-0.25, -0.2) is 4.79 Å². The van der Waals surface area contributed by atoms with Crippen LogP contribution < -0.4 is 11.1 Å². The molecule has 0 saturated carbocycles. The lowest BCUT2D eigenvalue weighted by molar-refractivity contribution is -0.148. The summed E-state index contributed by atoms with van der Waals surface area (Å²) in [6, 6.07) is 6.25. The van der Waals surface area contributed by atoms with Gasteiger partial charge in [0.25, 0.3) is 5.56 Å². The largest absolute Gasteiger partial charge is 0.466 e. The van der Waals surface area contributed by atoms with Gasteiger partial charge in [-0.1, -0.05) is 46.8 Å². The molecule has 0 aromatic carbocycles. The van der Waals surface area contributed by atoms with Gasteiger partial charge in [-0.15, -0.1) is 0 Å². The number of pyridine rings is 2. The minimum Gasteiger partial charge on any atom is -0.466 e. The van der Waals surface area contributed by atoms with Gasteiger partial charge in [0, 0.05) is 37.6 Å². The molecule has 0 bridgehead atoms. The summed E-state index contributed by atoms with van der Waals surface area (Å²) in [6.07, 6.45) is 6.89. The van der Waals surface area contributed by atoms with Crippen molar-refractivity contribution in [2.45, 2.75) is 80.2 Å². The molecule has 0 fully saturated rings. The maximum atomic E-state index is 12.2. The number of hydrogen-bond donors (Lipinski definition) is 1. The molecule has 10 nitrogen and oxygen atoms in total. The Kier molecular flexibility index (Phi) is 21.5. The van der Waals surface area contributed by atoms with Crippen molar-refractivity contribution in [3.8, 4) is 0 Å². The highest BCUT2D eigenvalue weighted by atomic mass is 16.5. The summed E-state index contributed by atoms with van der Waals surface area (Å²) in [5.74, 6) is 0.514. The standard InChI is InChI=1S/C17H28N2O3.C9H14N2O.C9H18O2/c1-6-22-17(21)15(11-13(2)3)19-12-14(7-8-16(19)20)9-10-18(4)5;1-11(2)6-5-8-3-4-9(12)10-7-8;1-5-11-9(10)8(4)6-7(2)3/h7-8,12-13,15H,6,9-11H2,1-5H3;3-4,7H,5-6H2,1-2H3,(H,10,12);7-8H,5-6H2,1-4H3. The van der Waals surface area contributed by atoms with E-state index in [0.717, 1.165) is 37.9 Å². The highest BCUT2D eigenvalue weighted by molar-refractivity contribution is 5.74. The quantitative estimate of drug-likeness (QED) is 0.278. The van der Waals surface area contributed by atoms with Crippen LogP contribution in [0.2, 0.25) is 0 Å². The Labute approximate surface area is 271 Å². The van der Waals surface area contributed by atoms with Crippen molar-refractivity contribution >= 4 is 11.9 Å². The summed E-state index contributed by atoms with van der Waals surface area (Å²) in [5.41, 5.74) is 2.02. The number of aromatic amines is 1. The lowest BCUT2D eigenvalue weighted by Gasteiger charge is -2.21. The normalized spacial score (nSPS) is 12.2. The monoisotopic (exact) mass is 632 g/mol. The van der Waals surface area contributed by atoms with Crippen LogP contribution in [0.5, 0.6) is 0 Å². The molecule has 0 aliphatic carbocycles. The number of H-pyrrole nitrogens is 1. The van der Waals surface area contributed by atoms with Crippen molar-refractivity contribution in [1.29, 1.82) is 0 Å².